The zero-order valence-electron chi connectivity index (χ0n) is 10.7. The van der Waals surface area contributed by atoms with Gasteiger partial charge in [0.2, 0.25) is 0 Å². The lowest BCUT2D eigenvalue weighted by Crippen LogP contribution is -1.94. The van der Waals surface area contributed by atoms with Crippen LogP contribution < -0.4 is 5.32 Å². The SMILES string of the molecule is Cc1cc([N+](=O)[O-])ccc1Nc1nc2ccccc2s1. The molecule has 0 unspecified atom stereocenters. The topological polar surface area (TPSA) is 68.1 Å². The van der Waals surface area contributed by atoms with E-state index in [1.807, 2.05) is 31.2 Å². The molecule has 0 aliphatic carbocycles. The van der Waals surface area contributed by atoms with Gasteiger partial charge in [-0.2, -0.15) is 0 Å². The number of para-hydroxylation sites is 1. The molecule has 0 bridgehead atoms. The molecule has 0 radical (unpaired) electrons. The number of hydrogen-bond donors (Lipinski definition) is 1. The van der Waals surface area contributed by atoms with Gasteiger partial charge in [-0.3, -0.25) is 10.1 Å². The molecule has 0 atom stereocenters. The van der Waals surface area contributed by atoms with E-state index >= 15 is 0 Å². The van der Waals surface area contributed by atoms with Crippen LogP contribution in [0.2, 0.25) is 0 Å². The third-order valence-corrected chi connectivity index (χ3v) is 3.91. The molecule has 1 N–H and O–H groups in total. The number of hydrogen-bond acceptors (Lipinski definition) is 5. The van der Waals surface area contributed by atoms with Crippen LogP contribution in [0.3, 0.4) is 0 Å². The van der Waals surface area contributed by atoms with E-state index < -0.39 is 4.92 Å². The fourth-order valence-electron chi connectivity index (χ4n) is 1.94. The number of thiazole rings is 1. The van der Waals surface area contributed by atoms with Crippen LogP contribution in [0.4, 0.5) is 16.5 Å². The molecule has 0 saturated carbocycles. The van der Waals surface area contributed by atoms with Gasteiger partial charge >= 0.3 is 0 Å². The largest absolute Gasteiger partial charge is 0.331 e. The highest BCUT2D eigenvalue weighted by Crippen LogP contribution is 2.30. The Balaban J connectivity index is 1.92. The number of nitrogens with zero attached hydrogens (tertiary/aromatic N) is 2. The predicted octanol–water partition coefficient (Wildman–Crippen LogP) is 4.26. The van der Waals surface area contributed by atoms with Crippen molar-refractivity contribution in [2.45, 2.75) is 6.92 Å². The van der Waals surface area contributed by atoms with E-state index in [1.54, 1.807) is 23.5 Å². The second-order valence-corrected chi connectivity index (χ2v) is 5.40. The van der Waals surface area contributed by atoms with Crippen LogP contribution in [0.5, 0.6) is 0 Å². The number of nitro groups is 1. The average Bonchev–Trinajstić information content (AvgIpc) is 2.83. The molecule has 20 heavy (non-hydrogen) atoms. The van der Waals surface area contributed by atoms with Crippen molar-refractivity contribution < 1.29 is 4.92 Å². The fourth-order valence-corrected chi connectivity index (χ4v) is 2.82. The van der Waals surface area contributed by atoms with Crippen LogP contribution in [-0.2, 0) is 0 Å². The van der Waals surface area contributed by atoms with Crippen molar-refractivity contribution in [3.8, 4) is 0 Å². The number of nitro benzene ring substituents is 1. The minimum absolute atomic E-state index is 0.0948. The van der Waals surface area contributed by atoms with E-state index in [-0.39, 0.29) is 5.69 Å². The number of nitrogens with one attached hydrogen (secondary N) is 1. The van der Waals surface area contributed by atoms with Crippen LogP contribution in [-0.4, -0.2) is 9.91 Å². The quantitative estimate of drug-likeness (QED) is 0.576. The van der Waals surface area contributed by atoms with Crippen molar-refractivity contribution in [1.82, 2.24) is 4.98 Å². The first-order valence-electron chi connectivity index (χ1n) is 6.01. The standard InChI is InChI=1S/C14H11N3O2S/c1-9-8-10(17(18)19)6-7-11(9)15-14-16-12-4-2-3-5-13(12)20-14/h2-8H,1H3,(H,15,16). The average molecular weight is 285 g/mol. The zero-order valence-corrected chi connectivity index (χ0v) is 11.5. The number of anilines is 2. The van der Waals surface area contributed by atoms with Crippen molar-refractivity contribution in [3.63, 3.8) is 0 Å². The van der Waals surface area contributed by atoms with E-state index in [1.165, 1.54) is 6.07 Å². The number of fused-ring (bicyclic) bond motifs is 1. The number of aryl methyl sites for hydroxylation is 1. The molecule has 0 amide bonds. The summed E-state index contributed by atoms with van der Waals surface area (Å²) in [7, 11) is 0. The van der Waals surface area contributed by atoms with Crippen LogP contribution in [0, 0.1) is 17.0 Å². The van der Waals surface area contributed by atoms with E-state index in [9.17, 15) is 10.1 Å². The Morgan fingerprint density at radius 3 is 2.75 bits per heavy atom. The molecule has 5 nitrogen and oxygen atoms in total. The summed E-state index contributed by atoms with van der Waals surface area (Å²) in [4.78, 5) is 14.8. The lowest BCUT2D eigenvalue weighted by molar-refractivity contribution is -0.384. The molecule has 0 aliphatic heterocycles. The lowest BCUT2D eigenvalue weighted by atomic mass is 10.2. The Morgan fingerprint density at radius 1 is 1.25 bits per heavy atom. The summed E-state index contributed by atoms with van der Waals surface area (Å²) < 4.78 is 1.11. The second-order valence-electron chi connectivity index (χ2n) is 4.37. The Morgan fingerprint density at radius 2 is 2.05 bits per heavy atom. The molecule has 0 saturated heterocycles. The van der Waals surface area contributed by atoms with E-state index in [0.29, 0.717) is 0 Å². The van der Waals surface area contributed by atoms with Gasteiger partial charge in [-0.05, 0) is 30.7 Å². The van der Waals surface area contributed by atoms with Gasteiger partial charge in [0.1, 0.15) is 0 Å². The molecule has 0 aliphatic rings. The van der Waals surface area contributed by atoms with Crippen molar-refractivity contribution in [2.75, 3.05) is 5.32 Å². The Labute approximate surface area is 119 Å². The molecule has 1 heterocycles. The van der Waals surface area contributed by atoms with Gasteiger partial charge in [0, 0.05) is 17.8 Å². The maximum absolute atomic E-state index is 10.7. The van der Waals surface area contributed by atoms with E-state index in [2.05, 4.69) is 10.3 Å². The molecular formula is C14H11N3O2S. The highest BCUT2D eigenvalue weighted by atomic mass is 32.1. The summed E-state index contributed by atoms with van der Waals surface area (Å²) in [5.41, 5.74) is 2.69. The minimum Gasteiger partial charge on any atom is -0.331 e. The fraction of sp³-hybridized carbons (Fsp3) is 0.0714. The van der Waals surface area contributed by atoms with Gasteiger partial charge in [-0.1, -0.05) is 23.5 Å². The zero-order chi connectivity index (χ0) is 14.1. The van der Waals surface area contributed by atoms with Gasteiger partial charge in [-0.15, -0.1) is 0 Å². The summed E-state index contributed by atoms with van der Waals surface area (Å²) in [5.74, 6) is 0. The van der Waals surface area contributed by atoms with Crippen LogP contribution >= 0.6 is 11.3 Å². The first kappa shape index (κ1) is 12.6. The predicted molar refractivity (Wildman–Crippen MR) is 80.7 cm³/mol. The maximum Gasteiger partial charge on any atom is 0.269 e. The Hall–Kier alpha value is -2.47. The summed E-state index contributed by atoms with van der Waals surface area (Å²) in [6.07, 6.45) is 0. The van der Waals surface area contributed by atoms with Crippen LogP contribution in [0.15, 0.2) is 42.5 Å². The first-order chi connectivity index (χ1) is 9.63. The summed E-state index contributed by atoms with van der Waals surface area (Å²) in [6, 6.07) is 12.6. The molecule has 100 valence electrons. The third-order valence-electron chi connectivity index (χ3n) is 2.96. The Bertz CT molecular complexity index is 765. The normalized spacial score (nSPS) is 10.7. The van der Waals surface area contributed by atoms with Crippen molar-refractivity contribution in [3.05, 3.63) is 58.1 Å². The highest BCUT2D eigenvalue weighted by molar-refractivity contribution is 7.22. The minimum atomic E-state index is -0.394. The van der Waals surface area contributed by atoms with Gasteiger partial charge in [-0.25, -0.2) is 4.98 Å². The first-order valence-corrected chi connectivity index (χ1v) is 6.83. The van der Waals surface area contributed by atoms with Gasteiger partial charge in [0.15, 0.2) is 5.13 Å². The number of non-ortho nitro benzene ring substituents is 1. The highest BCUT2D eigenvalue weighted by Gasteiger charge is 2.09. The van der Waals surface area contributed by atoms with Crippen molar-refractivity contribution in [2.24, 2.45) is 0 Å². The van der Waals surface area contributed by atoms with Crippen molar-refractivity contribution in [1.29, 1.82) is 0 Å². The molecule has 3 aromatic rings. The molecule has 2 aromatic carbocycles. The van der Waals surface area contributed by atoms with Gasteiger partial charge in [0.05, 0.1) is 15.1 Å². The molecule has 3 rings (SSSR count). The van der Waals surface area contributed by atoms with Crippen molar-refractivity contribution >= 4 is 38.1 Å². The second kappa shape index (κ2) is 4.90. The van der Waals surface area contributed by atoms with Crippen LogP contribution in [0.25, 0.3) is 10.2 Å². The van der Waals surface area contributed by atoms with Gasteiger partial charge in [0.25, 0.3) is 5.69 Å². The molecule has 1 aromatic heterocycles. The number of rotatable bonds is 3. The lowest BCUT2D eigenvalue weighted by Gasteiger charge is -2.05. The molecule has 0 fully saturated rings. The number of benzene rings is 2. The summed E-state index contributed by atoms with van der Waals surface area (Å²) >= 11 is 1.56. The maximum atomic E-state index is 10.7. The monoisotopic (exact) mass is 285 g/mol. The Kier molecular flexibility index (Phi) is 3.08. The molecular weight excluding hydrogens is 274 g/mol. The molecule has 6 heteroatoms. The smallest absolute Gasteiger partial charge is 0.269 e. The molecule has 0 spiro atoms. The summed E-state index contributed by atoms with van der Waals surface area (Å²) in [6.45, 7) is 1.84. The van der Waals surface area contributed by atoms with Crippen LogP contribution in [0.1, 0.15) is 5.56 Å². The number of aromatic nitrogens is 1. The van der Waals surface area contributed by atoms with E-state index in [0.717, 1.165) is 26.6 Å². The van der Waals surface area contributed by atoms with Gasteiger partial charge < -0.3 is 5.32 Å². The third kappa shape index (κ3) is 2.33. The summed E-state index contributed by atoms with van der Waals surface area (Å²) in [5, 5.41) is 14.7. The van der Waals surface area contributed by atoms with E-state index in [4.69, 9.17) is 0 Å².